The first-order valence-electron chi connectivity index (χ1n) is 12.3. The van der Waals surface area contributed by atoms with E-state index >= 15 is 0 Å². The van der Waals surface area contributed by atoms with Crippen LogP contribution < -0.4 is 15.5 Å². The minimum Gasteiger partial charge on any atom is -0.506 e. The fourth-order valence-electron chi connectivity index (χ4n) is 4.05. The summed E-state index contributed by atoms with van der Waals surface area (Å²) in [6.07, 6.45) is 2.15. The van der Waals surface area contributed by atoms with Crippen molar-refractivity contribution in [3.63, 3.8) is 0 Å². The van der Waals surface area contributed by atoms with Gasteiger partial charge in [0.15, 0.2) is 11.3 Å². The third kappa shape index (κ3) is 7.17. The van der Waals surface area contributed by atoms with Gasteiger partial charge in [-0.15, -0.1) is 5.10 Å². The molecule has 0 saturated carbocycles. The van der Waals surface area contributed by atoms with Gasteiger partial charge in [-0.25, -0.2) is 13.9 Å². The fraction of sp³-hybridized carbons (Fsp3) is 0.259. The lowest BCUT2D eigenvalue weighted by molar-refractivity contribution is 0.0924. The number of amides is 2. The van der Waals surface area contributed by atoms with Crippen LogP contribution in [0.25, 0.3) is 5.65 Å². The van der Waals surface area contributed by atoms with Gasteiger partial charge >= 0.3 is 0 Å². The van der Waals surface area contributed by atoms with Crippen LogP contribution in [0, 0.1) is 5.82 Å². The fourth-order valence-corrected chi connectivity index (χ4v) is 4.54. The topological polar surface area (TPSA) is 121 Å². The predicted octanol–water partition coefficient (Wildman–Crippen LogP) is 3.95. The van der Waals surface area contributed by atoms with Crippen LogP contribution in [0.15, 0.2) is 60.8 Å². The number of aromatic hydroxyl groups is 1. The molecular formula is C27H27Cl2FN6O4. The molecule has 40 heavy (non-hydrogen) atoms. The van der Waals surface area contributed by atoms with Gasteiger partial charge in [-0.1, -0.05) is 41.4 Å². The highest BCUT2D eigenvalue weighted by atomic mass is 35.5. The van der Waals surface area contributed by atoms with Gasteiger partial charge in [-0.05, 0) is 42.8 Å². The number of nitrogens with one attached hydrogen (secondary N) is 2. The highest BCUT2D eigenvalue weighted by Crippen LogP contribution is 2.31. The molecule has 13 heteroatoms. The number of imidazole rings is 1. The van der Waals surface area contributed by atoms with Crippen LogP contribution in [0.1, 0.15) is 27.3 Å². The van der Waals surface area contributed by atoms with Crippen molar-refractivity contribution in [1.82, 2.24) is 25.2 Å². The lowest BCUT2D eigenvalue weighted by atomic mass is 10.1. The number of fused-ring (bicyclic) bond motifs is 1. The van der Waals surface area contributed by atoms with Crippen LogP contribution in [0.5, 0.6) is 5.75 Å². The third-order valence-corrected chi connectivity index (χ3v) is 6.53. The van der Waals surface area contributed by atoms with Gasteiger partial charge in [0.05, 0.1) is 23.4 Å². The second kappa shape index (κ2) is 13.4. The predicted molar refractivity (Wildman–Crippen MR) is 150 cm³/mol. The molecule has 3 heterocycles. The highest BCUT2D eigenvalue weighted by molar-refractivity contribution is 6.36. The standard InChI is InChI=1S/C21H22Cl2N6O4.C6H5F/c1-33-7-5-24-21(32)16-10-25-17-2-3-18(27-29(16)17)28-6-4-13(11-28)26-20(31)14-8-12(22)9-15(23)19(14)30;7-6-4-2-1-3-5-6/h2-3,8-10,13,30H,4-7,11H2,1H3,(H,24,32)(H,26,31);1-5H/t13-;/m0./s1. The third-order valence-electron chi connectivity index (χ3n) is 6.03. The number of benzene rings is 2. The van der Waals surface area contributed by atoms with Gasteiger partial charge < -0.3 is 25.4 Å². The molecule has 0 spiro atoms. The number of phenols is 1. The Morgan fingerprint density at radius 1 is 1.15 bits per heavy atom. The number of nitrogens with zero attached hydrogens (tertiary/aromatic N) is 4. The number of phenolic OH excluding ortho intramolecular Hbond substituents is 1. The van der Waals surface area contributed by atoms with Crippen molar-refractivity contribution in [3.8, 4) is 5.75 Å². The number of carbonyl (C=O) groups is 2. The summed E-state index contributed by atoms with van der Waals surface area (Å²) in [5.74, 6) is -0.594. The maximum Gasteiger partial charge on any atom is 0.271 e. The Bertz CT molecular complexity index is 1490. The van der Waals surface area contributed by atoms with Crippen molar-refractivity contribution < 1.29 is 23.8 Å². The van der Waals surface area contributed by atoms with E-state index in [-0.39, 0.29) is 39.1 Å². The molecule has 0 radical (unpaired) electrons. The van der Waals surface area contributed by atoms with E-state index in [0.29, 0.717) is 49.8 Å². The minimum absolute atomic E-state index is 0.0144. The van der Waals surface area contributed by atoms with Crippen LogP contribution in [-0.4, -0.2) is 70.9 Å². The molecule has 2 aromatic carbocycles. The van der Waals surface area contributed by atoms with Gasteiger partial charge in [0.25, 0.3) is 11.8 Å². The summed E-state index contributed by atoms with van der Waals surface area (Å²) in [5, 5.41) is 20.6. The molecule has 4 aromatic rings. The Morgan fingerprint density at radius 2 is 1.93 bits per heavy atom. The smallest absolute Gasteiger partial charge is 0.271 e. The number of methoxy groups -OCH3 is 1. The Balaban J connectivity index is 0.000000461. The second-order valence-corrected chi connectivity index (χ2v) is 9.68. The summed E-state index contributed by atoms with van der Waals surface area (Å²) in [4.78, 5) is 31.3. The van der Waals surface area contributed by atoms with Crippen LogP contribution in [0.2, 0.25) is 10.0 Å². The number of rotatable bonds is 7. The minimum atomic E-state index is -0.461. The molecule has 1 aliphatic heterocycles. The van der Waals surface area contributed by atoms with Gasteiger partial charge in [0, 0.05) is 37.8 Å². The Labute approximate surface area is 239 Å². The molecule has 0 unspecified atom stereocenters. The van der Waals surface area contributed by atoms with E-state index in [0.717, 1.165) is 0 Å². The Kier molecular flexibility index (Phi) is 9.75. The zero-order chi connectivity index (χ0) is 28.6. The number of ether oxygens (including phenoxy) is 1. The molecule has 1 atom stereocenters. The van der Waals surface area contributed by atoms with Crippen molar-refractivity contribution >= 4 is 46.5 Å². The number of carbonyl (C=O) groups excluding carboxylic acids is 2. The zero-order valence-corrected chi connectivity index (χ0v) is 23.0. The highest BCUT2D eigenvalue weighted by Gasteiger charge is 2.27. The molecule has 210 valence electrons. The van der Waals surface area contributed by atoms with Crippen molar-refractivity contribution in [2.75, 3.05) is 38.3 Å². The van der Waals surface area contributed by atoms with Gasteiger partial charge in [0.1, 0.15) is 17.4 Å². The Hall–Kier alpha value is -3.93. The van der Waals surface area contributed by atoms with Gasteiger partial charge in [0.2, 0.25) is 0 Å². The Morgan fingerprint density at radius 3 is 2.62 bits per heavy atom. The molecular weight excluding hydrogens is 562 g/mol. The van der Waals surface area contributed by atoms with Gasteiger partial charge in [-0.2, -0.15) is 0 Å². The number of aromatic nitrogens is 3. The van der Waals surface area contributed by atoms with Gasteiger partial charge in [-0.3, -0.25) is 9.59 Å². The summed E-state index contributed by atoms with van der Waals surface area (Å²) < 4.78 is 18.4. The lowest BCUT2D eigenvalue weighted by Crippen LogP contribution is -2.37. The van der Waals surface area contributed by atoms with Crippen molar-refractivity contribution in [1.29, 1.82) is 0 Å². The summed E-state index contributed by atoms with van der Waals surface area (Å²) in [6.45, 7) is 1.93. The van der Waals surface area contributed by atoms with Crippen LogP contribution in [0.4, 0.5) is 10.2 Å². The molecule has 3 N–H and O–H groups in total. The van der Waals surface area contributed by atoms with E-state index in [2.05, 4.69) is 20.7 Å². The number of halogens is 3. The van der Waals surface area contributed by atoms with E-state index in [4.69, 9.17) is 27.9 Å². The molecule has 2 amide bonds. The molecule has 5 rings (SSSR count). The summed E-state index contributed by atoms with van der Waals surface area (Å²) in [7, 11) is 1.56. The van der Waals surface area contributed by atoms with Crippen molar-refractivity contribution in [2.24, 2.45) is 0 Å². The molecule has 0 bridgehead atoms. The summed E-state index contributed by atoms with van der Waals surface area (Å²) in [6, 6.07) is 14.1. The molecule has 1 fully saturated rings. The first-order chi connectivity index (χ1) is 19.3. The van der Waals surface area contributed by atoms with Crippen LogP contribution in [0.3, 0.4) is 0 Å². The first kappa shape index (κ1) is 29.1. The second-order valence-electron chi connectivity index (χ2n) is 8.84. The van der Waals surface area contributed by atoms with E-state index in [1.165, 1.54) is 35.0 Å². The lowest BCUT2D eigenvalue weighted by Gasteiger charge is -2.18. The largest absolute Gasteiger partial charge is 0.506 e. The van der Waals surface area contributed by atoms with Crippen molar-refractivity contribution in [2.45, 2.75) is 12.5 Å². The quantitative estimate of drug-likeness (QED) is 0.279. The average molecular weight is 589 g/mol. The monoisotopic (exact) mass is 588 g/mol. The number of hydrogen-bond acceptors (Lipinski definition) is 7. The van der Waals surface area contributed by atoms with E-state index < -0.39 is 5.91 Å². The maximum atomic E-state index is 12.6. The van der Waals surface area contributed by atoms with E-state index in [1.54, 1.807) is 31.4 Å². The molecule has 1 saturated heterocycles. The van der Waals surface area contributed by atoms with E-state index in [9.17, 15) is 19.1 Å². The zero-order valence-electron chi connectivity index (χ0n) is 21.5. The molecule has 2 aromatic heterocycles. The SMILES string of the molecule is COCCNC(=O)c1cnc2ccc(N3CC[C@H](NC(=O)c4cc(Cl)cc(Cl)c4O)C3)nn12.Fc1ccccc1. The molecule has 10 nitrogen and oxygen atoms in total. The number of hydrogen-bond donors (Lipinski definition) is 3. The summed E-state index contributed by atoms with van der Waals surface area (Å²) >= 11 is 11.9. The molecule has 1 aliphatic rings. The average Bonchev–Trinajstić information content (AvgIpc) is 3.58. The van der Waals surface area contributed by atoms with Crippen LogP contribution >= 0.6 is 23.2 Å². The normalized spacial score (nSPS) is 14.5. The van der Waals surface area contributed by atoms with Crippen molar-refractivity contribution in [3.05, 3.63) is 87.9 Å². The summed E-state index contributed by atoms with van der Waals surface area (Å²) in [5.41, 5.74) is 0.890. The van der Waals surface area contributed by atoms with Crippen LogP contribution in [-0.2, 0) is 4.74 Å². The first-order valence-corrected chi connectivity index (χ1v) is 13.1. The maximum absolute atomic E-state index is 12.6. The molecule has 0 aliphatic carbocycles. The van der Waals surface area contributed by atoms with E-state index in [1.807, 2.05) is 11.0 Å². The number of anilines is 1.